The molecule has 3 nitrogen and oxygen atoms in total. The lowest BCUT2D eigenvalue weighted by Gasteiger charge is -2.15. The summed E-state index contributed by atoms with van der Waals surface area (Å²) in [5.41, 5.74) is 0.948. The topological polar surface area (TPSA) is 47.3 Å². The number of nitrogens with two attached hydrogens (primary N) is 1. The third-order valence-electron chi connectivity index (χ3n) is 1.24. The lowest BCUT2D eigenvalue weighted by atomic mass is 10.2. The molecule has 10 heavy (non-hydrogen) atoms. The molecule has 1 unspecified atom stereocenters. The summed E-state index contributed by atoms with van der Waals surface area (Å²) >= 11 is 0. The SMILES string of the molecule is C=C(C)NC(CC)CON. The van der Waals surface area contributed by atoms with Crippen molar-refractivity contribution in [2.75, 3.05) is 6.61 Å². The second-order valence-electron chi connectivity index (χ2n) is 2.36. The fraction of sp³-hybridized carbons (Fsp3) is 0.714. The Morgan fingerprint density at radius 2 is 2.40 bits per heavy atom. The first-order valence-corrected chi connectivity index (χ1v) is 3.44. The summed E-state index contributed by atoms with van der Waals surface area (Å²) in [6.45, 7) is 8.23. The third-order valence-corrected chi connectivity index (χ3v) is 1.24. The molecule has 1 atom stereocenters. The van der Waals surface area contributed by atoms with E-state index in [4.69, 9.17) is 5.90 Å². The van der Waals surface area contributed by atoms with Crippen LogP contribution in [0.2, 0.25) is 0 Å². The number of rotatable bonds is 5. The summed E-state index contributed by atoms with van der Waals surface area (Å²) < 4.78 is 0. The van der Waals surface area contributed by atoms with E-state index >= 15 is 0 Å². The van der Waals surface area contributed by atoms with Gasteiger partial charge in [0.1, 0.15) is 0 Å². The summed E-state index contributed by atoms with van der Waals surface area (Å²) in [7, 11) is 0. The maximum atomic E-state index is 4.91. The van der Waals surface area contributed by atoms with E-state index in [2.05, 4.69) is 23.7 Å². The van der Waals surface area contributed by atoms with Crippen LogP contribution in [0.5, 0.6) is 0 Å². The van der Waals surface area contributed by atoms with Gasteiger partial charge in [0.15, 0.2) is 0 Å². The molecule has 3 heteroatoms. The van der Waals surface area contributed by atoms with Gasteiger partial charge in [-0.3, -0.25) is 0 Å². The molecule has 0 aromatic heterocycles. The predicted molar refractivity (Wildman–Crippen MR) is 42.2 cm³/mol. The molecule has 0 bridgehead atoms. The molecule has 0 aliphatic carbocycles. The van der Waals surface area contributed by atoms with Gasteiger partial charge >= 0.3 is 0 Å². The molecular weight excluding hydrogens is 128 g/mol. The zero-order valence-electron chi connectivity index (χ0n) is 6.68. The molecule has 0 saturated heterocycles. The van der Waals surface area contributed by atoms with Crippen molar-refractivity contribution in [1.29, 1.82) is 0 Å². The van der Waals surface area contributed by atoms with Crippen LogP contribution in [-0.4, -0.2) is 12.6 Å². The van der Waals surface area contributed by atoms with Crippen molar-refractivity contribution in [1.82, 2.24) is 5.32 Å². The van der Waals surface area contributed by atoms with Crippen molar-refractivity contribution in [2.24, 2.45) is 5.90 Å². The minimum absolute atomic E-state index is 0.294. The van der Waals surface area contributed by atoms with E-state index in [1.54, 1.807) is 0 Å². The molecule has 0 aromatic carbocycles. The first-order chi connectivity index (χ1) is 4.70. The Morgan fingerprint density at radius 1 is 1.80 bits per heavy atom. The fourth-order valence-corrected chi connectivity index (χ4v) is 0.726. The van der Waals surface area contributed by atoms with Crippen molar-refractivity contribution in [3.8, 4) is 0 Å². The molecule has 0 spiro atoms. The Kier molecular flexibility index (Phi) is 4.98. The van der Waals surface area contributed by atoms with Gasteiger partial charge in [0.25, 0.3) is 0 Å². The minimum atomic E-state index is 0.294. The molecule has 60 valence electrons. The molecule has 0 aromatic rings. The maximum Gasteiger partial charge on any atom is 0.0880 e. The Hall–Kier alpha value is -0.540. The summed E-state index contributed by atoms with van der Waals surface area (Å²) in [5, 5.41) is 3.13. The quantitative estimate of drug-likeness (QED) is 0.560. The van der Waals surface area contributed by atoms with Gasteiger partial charge in [0.2, 0.25) is 0 Å². The van der Waals surface area contributed by atoms with Gasteiger partial charge < -0.3 is 10.2 Å². The Morgan fingerprint density at radius 3 is 2.70 bits per heavy atom. The average Bonchev–Trinajstić information content (AvgIpc) is 1.86. The van der Waals surface area contributed by atoms with Crippen LogP contribution in [0, 0.1) is 0 Å². The number of hydrogen-bond acceptors (Lipinski definition) is 3. The van der Waals surface area contributed by atoms with Crippen LogP contribution in [-0.2, 0) is 4.84 Å². The number of hydrogen-bond donors (Lipinski definition) is 2. The zero-order valence-corrected chi connectivity index (χ0v) is 6.68. The largest absolute Gasteiger partial charge is 0.384 e. The molecule has 0 rings (SSSR count). The first-order valence-electron chi connectivity index (χ1n) is 3.44. The van der Waals surface area contributed by atoms with E-state index in [9.17, 15) is 0 Å². The van der Waals surface area contributed by atoms with E-state index in [1.807, 2.05) is 6.92 Å². The highest BCUT2D eigenvalue weighted by atomic mass is 16.6. The minimum Gasteiger partial charge on any atom is -0.384 e. The predicted octanol–water partition coefficient (Wildman–Crippen LogP) is 0.778. The van der Waals surface area contributed by atoms with Crippen molar-refractivity contribution in [3.63, 3.8) is 0 Å². The van der Waals surface area contributed by atoms with Crippen LogP contribution in [0.3, 0.4) is 0 Å². The van der Waals surface area contributed by atoms with Gasteiger partial charge in [-0.2, -0.15) is 0 Å². The third kappa shape index (κ3) is 4.35. The monoisotopic (exact) mass is 144 g/mol. The van der Waals surface area contributed by atoms with Crippen molar-refractivity contribution in [3.05, 3.63) is 12.3 Å². The van der Waals surface area contributed by atoms with E-state index < -0.39 is 0 Å². The molecule has 0 fully saturated rings. The second-order valence-corrected chi connectivity index (χ2v) is 2.36. The molecule has 0 heterocycles. The molecule has 3 N–H and O–H groups in total. The Balaban J connectivity index is 3.49. The van der Waals surface area contributed by atoms with Gasteiger partial charge in [0.05, 0.1) is 12.6 Å². The molecule has 0 aliphatic rings. The highest BCUT2D eigenvalue weighted by Gasteiger charge is 2.02. The van der Waals surface area contributed by atoms with Gasteiger partial charge in [-0.25, -0.2) is 5.90 Å². The van der Waals surface area contributed by atoms with Crippen molar-refractivity contribution in [2.45, 2.75) is 26.3 Å². The summed E-state index contributed by atoms with van der Waals surface area (Å²) in [6.07, 6.45) is 0.990. The molecular formula is C7H16N2O. The van der Waals surface area contributed by atoms with Crippen LogP contribution >= 0.6 is 0 Å². The van der Waals surface area contributed by atoms with E-state index in [0.29, 0.717) is 12.6 Å². The highest BCUT2D eigenvalue weighted by Crippen LogP contribution is 1.93. The van der Waals surface area contributed by atoms with Gasteiger partial charge in [0, 0.05) is 5.70 Å². The Bertz CT molecular complexity index is 104. The average molecular weight is 144 g/mol. The van der Waals surface area contributed by atoms with Crippen LogP contribution in [0.1, 0.15) is 20.3 Å². The summed E-state index contributed by atoms with van der Waals surface area (Å²) in [5.74, 6) is 4.91. The van der Waals surface area contributed by atoms with Crippen LogP contribution < -0.4 is 11.2 Å². The van der Waals surface area contributed by atoms with E-state index in [-0.39, 0.29) is 0 Å². The molecule has 0 radical (unpaired) electrons. The molecule has 0 aliphatic heterocycles. The lowest BCUT2D eigenvalue weighted by molar-refractivity contribution is 0.115. The molecule has 0 amide bonds. The first kappa shape index (κ1) is 9.46. The van der Waals surface area contributed by atoms with Gasteiger partial charge in [-0.05, 0) is 13.3 Å². The lowest BCUT2D eigenvalue weighted by Crippen LogP contribution is -2.32. The highest BCUT2D eigenvalue weighted by molar-refractivity contribution is 4.87. The maximum absolute atomic E-state index is 4.91. The molecule has 0 saturated carbocycles. The normalized spacial score (nSPS) is 12.7. The van der Waals surface area contributed by atoms with Crippen LogP contribution in [0.4, 0.5) is 0 Å². The number of nitrogens with one attached hydrogen (secondary N) is 1. The van der Waals surface area contributed by atoms with Crippen molar-refractivity contribution < 1.29 is 4.84 Å². The van der Waals surface area contributed by atoms with Crippen LogP contribution in [0.25, 0.3) is 0 Å². The number of allylic oxidation sites excluding steroid dienone is 1. The smallest absolute Gasteiger partial charge is 0.0880 e. The fourth-order valence-electron chi connectivity index (χ4n) is 0.726. The summed E-state index contributed by atoms with van der Waals surface area (Å²) in [6, 6.07) is 0.294. The van der Waals surface area contributed by atoms with Gasteiger partial charge in [-0.15, -0.1) is 0 Å². The zero-order chi connectivity index (χ0) is 7.98. The van der Waals surface area contributed by atoms with Gasteiger partial charge in [-0.1, -0.05) is 13.5 Å². The van der Waals surface area contributed by atoms with E-state index in [0.717, 1.165) is 12.1 Å². The summed E-state index contributed by atoms with van der Waals surface area (Å²) in [4.78, 5) is 4.49. The standard InChI is InChI=1S/C7H16N2O/c1-4-7(5-10-8)9-6(2)3/h7,9H,2,4-5,8H2,1,3H3. The second kappa shape index (κ2) is 5.26. The van der Waals surface area contributed by atoms with Crippen LogP contribution in [0.15, 0.2) is 12.3 Å². The Labute approximate surface area is 62.2 Å². The van der Waals surface area contributed by atoms with Crippen molar-refractivity contribution >= 4 is 0 Å². The van der Waals surface area contributed by atoms with E-state index in [1.165, 1.54) is 0 Å².